The number of rotatable bonds is 14. The van der Waals surface area contributed by atoms with E-state index in [0.29, 0.717) is 13.2 Å². The molecule has 6 rings (SSSR count). The number of hydrogen-bond acceptors (Lipinski definition) is 2. The van der Waals surface area contributed by atoms with Gasteiger partial charge in [-0.05, 0) is 49.2 Å². The SMILES string of the molecule is C1=CC(=C(c2ccc[nH]2)c2ccccc2OCCCCCCCOc2ccccc2C(=C2C=CC=[NH+]2)c2ccc[nH]2)[NH+]=C1. The maximum atomic E-state index is 6.32. The molecule has 0 atom stereocenters. The van der Waals surface area contributed by atoms with E-state index in [0.717, 1.165) is 88.7 Å². The standard InChI is InChI=1S/C37H36N4O2/c1(2-8-26-42-34-20-6-4-14-28(34)36(30-16-10-22-38-30)31-17-11-23-39-31)3-9-27-43-35-21-7-5-15-29(35)37(32-18-12-24-40-32)33-19-13-25-41-33/h4-7,10-25,38,40H,1-3,8-9,26-27H2/p+2. The van der Waals surface area contributed by atoms with Crippen molar-refractivity contribution in [2.24, 2.45) is 0 Å². The highest BCUT2D eigenvalue weighted by molar-refractivity contribution is 5.86. The number of unbranched alkanes of at least 4 members (excludes halogenated alkanes) is 4. The Morgan fingerprint density at radius 2 is 1.00 bits per heavy atom. The summed E-state index contributed by atoms with van der Waals surface area (Å²) in [5, 5.41) is 0. The number of aromatic nitrogens is 2. The number of H-pyrrole nitrogens is 2. The van der Waals surface area contributed by atoms with Gasteiger partial charge in [0.2, 0.25) is 11.4 Å². The maximum absolute atomic E-state index is 6.32. The lowest BCUT2D eigenvalue weighted by atomic mass is 9.99. The minimum absolute atomic E-state index is 0.694. The van der Waals surface area contributed by atoms with Crippen LogP contribution in [0, 0.1) is 0 Å². The van der Waals surface area contributed by atoms with E-state index >= 15 is 0 Å². The molecular weight excluding hydrogens is 532 g/mol. The first-order valence-electron chi connectivity index (χ1n) is 15.1. The highest BCUT2D eigenvalue weighted by atomic mass is 16.5. The molecule has 43 heavy (non-hydrogen) atoms. The first-order valence-corrected chi connectivity index (χ1v) is 15.1. The van der Waals surface area contributed by atoms with Crippen LogP contribution in [-0.2, 0) is 0 Å². The molecule has 0 amide bonds. The number of hydrogen-bond donors (Lipinski definition) is 4. The van der Waals surface area contributed by atoms with Crippen LogP contribution in [0.3, 0.4) is 0 Å². The molecule has 216 valence electrons. The Bertz CT molecular complexity index is 1530. The smallest absolute Gasteiger partial charge is 0.213 e. The summed E-state index contributed by atoms with van der Waals surface area (Å²) in [6.07, 6.45) is 21.5. The first-order chi connectivity index (χ1) is 21.4. The second-order valence-electron chi connectivity index (χ2n) is 10.5. The minimum atomic E-state index is 0.694. The van der Waals surface area contributed by atoms with Crippen molar-refractivity contribution in [3.8, 4) is 11.5 Å². The molecule has 0 bridgehead atoms. The van der Waals surface area contributed by atoms with E-state index in [4.69, 9.17) is 9.47 Å². The molecule has 0 saturated carbocycles. The Balaban J connectivity index is 0.978. The molecule has 2 aliphatic heterocycles. The van der Waals surface area contributed by atoms with Gasteiger partial charge < -0.3 is 19.4 Å². The van der Waals surface area contributed by atoms with E-state index in [1.165, 1.54) is 0 Å². The van der Waals surface area contributed by atoms with Crippen LogP contribution in [0.25, 0.3) is 11.1 Å². The summed E-state index contributed by atoms with van der Waals surface area (Å²) in [6.45, 7) is 1.39. The molecular formula is C37H38N4O2+2. The Morgan fingerprint density at radius 3 is 1.42 bits per heavy atom. The van der Waals surface area contributed by atoms with Crippen LogP contribution in [-0.4, -0.2) is 35.6 Å². The van der Waals surface area contributed by atoms with Gasteiger partial charge in [-0.25, -0.2) is 9.98 Å². The van der Waals surface area contributed by atoms with Gasteiger partial charge in [0.25, 0.3) is 0 Å². The average Bonchev–Trinajstić information content (AvgIpc) is 3.88. The molecule has 4 N–H and O–H groups in total. The summed E-state index contributed by atoms with van der Waals surface area (Å²) in [6, 6.07) is 24.8. The zero-order chi connectivity index (χ0) is 29.1. The fourth-order valence-corrected chi connectivity index (χ4v) is 5.51. The van der Waals surface area contributed by atoms with Gasteiger partial charge in [0.15, 0.2) is 12.4 Å². The third kappa shape index (κ3) is 6.87. The van der Waals surface area contributed by atoms with E-state index in [1.54, 1.807) is 0 Å². The highest BCUT2D eigenvalue weighted by Crippen LogP contribution is 2.33. The van der Waals surface area contributed by atoms with Crippen LogP contribution < -0.4 is 19.5 Å². The van der Waals surface area contributed by atoms with Crippen molar-refractivity contribution in [3.63, 3.8) is 0 Å². The summed E-state index contributed by atoms with van der Waals surface area (Å²) in [5.74, 6) is 1.81. The van der Waals surface area contributed by atoms with Gasteiger partial charge in [-0.3, -0.25) is 0 Å². The van der Waals surface area contributed by atoms with Gasteiger partial charge in [0, 0.05) is 47.8 Å². The van der Waals surface area contributed by atoms with E-state index in [2.05, 4.69) is 80.6 Å². The van der Waals surface area contributed by atoms with Gasteiger partial charge in [0.05, 0.1) is 35.7 Å². The molecule has 4 aromatic rings. The van der Waals surface area contributed by atoms with E-state index in [9.17, 15) is 0 Å². The highest BCUT2D eigenvalue weighted by Gasteiger charge is 2.21. The van der Waals surface area contributed by atoms with Crippen LogP contribution in [0.2, 0.25) is 0 Å². The predicted octanol–water partition coefficient (Wildman–Crippen LogP) is 4.71. The van der Waals surface area contributed by atoms with Crippen molar-refractivity contribution < 1.29 is 19.5 Å². The lowest BCUT2D eigenvalue weighted by Gasteiger charge is -2.14. The fourth-order valence-electron chi connectivity index (χ4n) is 5.51. The third-order valence-electron chi connectivity index (χ3n) is 7.59. The summed E-state index contributed by atoms with van der Waals surface area (Å²) in [4.78, 5) is 13.4. The minimum Gasteiger partial charge on any atom is -0.493 e. The van der Waals surface area contributed by atoms with E-state index < -0.39 is 0 Å². The zero-order valence-corrected chi connectivity index (χ0v) is 24.3. The molecule has 0 unspecified atom stereocenters. The van der Waals surface area contributed by atoms with E-state index in [-0.39, 0.29) is 0 Å². The van der Waals surface area contributed by atoms with Crippen molar-refractivity contribution in [1.82, 2.24) is 9.97 Å². The number of allylic oxidation sites excluding steroid dienone is 4. The number of aromatic amines is 2. The monoisotopic (exact) mass is 570 g/mol. The van der Waals surface area contributed by atoms with Gasteiger partial charge in [-0.1, -0.05) is 55.7 Å². The lowest BCUT2D eigenvalue weighted by molar-refractivity contribution is -0.379. The first kappa shape index (κ1) is 28.0. The summed E-state index contributed by atoms with van der Waals surface area (Å²) < 4.78 is 12.6. The van der Waals surface area contributed by atoms with Crippen LogP contribution in [0.1, 0.15) is 54.6 Å². The van der Waals surface area contributed by atoms with Gasteiger partial charge in [0.1, 0.15) is 11.5 Å². The molecule has 4 heterocycles. The molecule has 0 fully saturated rings. The summed E-state index contributed by atoms with van der Waals surface area (Å²) in [7, 11) is 0. The molecule has 2 aliphatic rings. The average molecular weight is 571 g/mol. The Morgan fingerprint density at radius 1 is 0.535 bits per heavy atom. The summed E-state index contributed by atoms with van der Waals surface area (Å²) in [5.41, 5.74) is 8.63. The second kappa shape index (κ2) is 14.2. The molecule has 6 nitrogen and oxygen atoms in total. The Kier molecular flexibility index (Phi) is 9.25. The van der Waals surface area contributed by atoms with Crippen LogP contribution in [0.5, 0.6) is 11.5 Å². The second-order valence-corrected chi connectivity index (χ2v) is 10.5. The molecule has 6 heteroatoms. The number of benzene rings is 2. The van der Waals surface area contributed by atoms with E-state index in [1.807, 2.05) is 61.2 Å². The van der Waals surface area contributed by atoms with Gasteiger partial charge in [-0.2, -0.15) is 0 Å². The molecule has 0 spiro atoms. The van der Waals surface area contributed by atoms with Crippen molar-refractivity contribution in [3.05, 3.63) is 143 Å². The normalized spacial score (nSPS) is 15.8. The van der Waals surface area contributed by atoms with Gasteiger partial charge in [-0.15, -0.1) is 0 Å². The summed E-state index contributed by atoms with van der Waals surface area (Å²) >= 11 is 0. The number of nitrogens with one attached hydrogen (secondary N) is 4. The molecule has 2 aromatic carbocycles. The molecule has 0 radical (unpaired) electrons. The maximum Gasteiger partial charge on any atom is 0.213 e. The lowest BCUT2D eigenvalue weighted by Crippen LogP contribution is -2.64. The molecule has 0 saturated heterocycles. The van der Waals surface area contributed by atoms with Crippen molar-refractivity contribution >= 4 is 23.6 Å². The predicted molar refractivity (Wildman–Crippen MR) is 173 cm³/mol. The van der Waals surface area contributed by atoms with Gasteiger partial charge >= 0.3 is 0 Å². The van der Waals surface area contributed by atoms with Crippen LogP contribution in [0.15, 0.2) is 121 Å². The number of ether oxygens (including phenoxy) is 2. The van der Waals surface area contributed by atoms with Crippen LogP contribution in [0.4, 0.5) is 0 Å². The zero-order valence-electron chi connectivity index (χ0n) is 24.3. The number of para-hydroxylation sites is 2. The molecule has 0 aliphatic carbocycles. The molecule has 2 aromatic heterocycles. The van der Waals surface area contributed by atoms with Crippen molar-refractivity contribution in [2.45, 2.75) is 32.1 Å². The Hall–Kier alpha value is -5.10. The van der Waals surface area contributed by atoms with Crippen LogP contribution >= 0.6 is 0 Å². The van der Waals surface area contributed by atoms with Crippen molar-refractivity contribution in [2.75, 3.05) is 13.2 Å². The third-order valence-corrected chi connectivity index (χ3v) is 7.59. The van der Waals surface area contributed by atoms with Crippen molar-refractivity contribution in [1.29, 1.82) is 0 Å². The quantitative estimate of drug-likeness (QED) is 0.166. The topological polar surface area (TPSA) is 78.0 Å². The fraction of sp³-hybridized carbons (Fsp3) is 0.189. The Labute approximate surface area is 252 Å². The largest absolute Gasteiger partial charge is 0.493 e.